The lowest BCUT2D eigenvalue weighted by Gasteiger charge is -2.29. The van der Waals surface area contributed by atoms with Gasteiger partial charge in [0.15, 0.2) is 0 Å². The van der Waals surface area contributed by atoms with Gasteiger partial charge in [0.05, 0.1) is 25.3 Å². The van der Waals surface area contributed by atoms with Crippen LogP contribution in [0.5, 0.6) is 0 Å². The fraction of sp³-hybridized carbons (Fsp3) is 0.500. The van der Waals surface area contributed by atoms with Crippen molar-refractivity contribution in [3.05, 3.63) is 47.0 Å². The van der Waals surface area contributed by atoms with Crippen molar-refractivity contribution < 1.29 is 9.53 Å². The Hall–Kier alpha value is -0.880. The van der Waals surface area contributed by atoms with Crippen molar-refractivity contribution in [2.75, 3.05) is 26.8 Å². The second kappa shape index (κ2) is 10.9. The molecule has 0 aromatic heterocycles. The number of likely N-dealkylation sites (N-methyl/N-ethyl adjacent to an activating group) is 1. The molecule has 1 saturated heterocycles. The molecule has 1 N–H and O–H groups in total. The zero-order valence-electron chi connectivity index (χ0n) is 14.2. The molecule has 0 aliphatic carbocycles. The Morgan fingerprint density at radius 3 is 2.79 bits per heavy atom. The Labute approximate surface area is 158 Å². The van der Waals surface area contributed by atoms with Gasteiger partial charge in [-0.1, -0.05) is 46.8 Å². The molecule has 6 heteroatoms. The second-order valence-electron chi connectivity index (χ2n) is 5.72. The van der Waals surface area contributed by atoms with Gasteiger partial charge in [-0.3, -0.25) is 4.79 Å². The van der Waals surface area contributed by atoms with Gasteiger partial charge in [0.2, 0.25) is 5.91 Å². The number of hydrogen-bond donors (Lipinski definition) is 1. The average Bonchev–Trinajstić information content (AvgIpc) is 2.99. The molecule has 1 rings (SSSR count). The third kappa shape index (κ3) is 6.55. The van der Waals surface area contributed by atoms with E-state index in [1.165, 1.54) is 0 Å². The summed E-state index contributed by atoms with van der Waals surface area (Å²) in [4.78, 5) is 14.8. The van der Waals surface area contributed by atoms with E-state index < -0.39 is 0 Å². The summed E-state index contributed by atoms with van der Waals surface area (Å²) < 4.78 is 6.24. The fourth-order valence-corrected chi connectivity index (χ4v) is 3.16. The molecule has 0 radical (unpaired) electrons. The van der Waals surface area contributed by atoms with E-state index in [2.05, 4.69) is 41.0 Å². The number of halogens is 2. The molecular weight excluding hydrogens is 392 g/mol. The normalized spacial score (nSPS) is 19.2. The van der Waals surface area contributed by atoms with Crippen LogP contribution >= 0.6 is 27.5 Å². The minimum atomic E-state index is -0.346. The number of allylic oxidation sites excluding steroid dienone is 3. The lowest BCUT2D eigenvalue weighted by Crippen LogP contribution is -2.48. The Kier molecular flexibility index (Phi) is 9.59. The summed E-state index contributed by atoms with van der Waals surface area (Å²) in [6.07, 6.45) is 5.89. The van der Waals surface area contributed by atoms with Crippen LogP contribution in [0.25, 0.3) is 0 Å². The molecule has 1 aliphatic rings. The molecule has 1 fully saturated rings. The van der Waals surface area contributed by atoms with Gasteiger partial charge in [0.1, 0.15) is 0 Å². The number of carbonyl (C=O) groups excluding carboxylic acids is 1. The summed E-state index contributed by atoms with van der Waals surface area (Å²) in [5.41, 5.74) is 0.848. The predicted octanol–water partition coefficient (Wildman–Crippen LogP) is 3.75. The van der Waals surface area contributed by atoms with Crippen molar-refractivity contribution in [1.29, 1.82) is 0 Å². The summed E-state index contributed by atoms with van der Waals surface area (Å²) >= 11 is 9.24. The van der Waals surface area contributed by atoms with Crippen LogP contribution in [-0.2, 0) is 9.53 Å². The van der Waals surface area contributed by atoms with Crippen LogP contribution in [0.15, 0.2) is 47.0 Å². The average molecular weight is 418 g/mol. The molecule has 0 saturated carbocycles. The number of nitrogens with zero attached hydrogens (tertiary/aromatic N) is 1. The predicted molar refractivity (Wildman–Crippen MR) is 104 cm³/mol. The van der Waals surface area contributed by atoms with Crippen LogP contribution in [0.2, 0.25) is 0 Å². The zero-order valence-corrected chi connectivity index (χ0v) is 16.5. The van der Waals surface area contributed by atoms with Crippen molar-refractivity contribution in [2.45, 2.75) is 31.3 Å². The molecule has 4 nitrogen and oxygen atoms in total. The topological polar surface area (TPSA) is 41.6 Å². The summed E-state index contributed by atoms with van der Waals surface area (Å²) in [6, 6.07) is -0.225. The molecule has 24 heavy (non-hydrogen) atoms. The van der Waals surface area contributed by atoms with Gasteiger partial charge < -0.3 is 15.0 Å². The molecule has 0 aromatic carbocycles. The first-order chi connectivity index (χ1) is 11.4. The first-order valence-corrected chi connectivity index (χ1v) is 9.14. The van der Waals surface area contributed by atoms with E-state index in [0.29, 0.717) is 29.1 Å². The van der Waals surface area contributed by atoms with E-state index in [4.69, 9.17) is 16.3 Å². The van der Waals surface area contributed by atoms with Crippen molar-refractivity contribution >= 4 is 33.4 Å². The zero-order chi connectivity index (χ0) is 18.1. The van der Waals surface area contributed by atoms with Gasteiger partial charge in [-0.25, -0.2) is 0 Å². The maximum atomic E-state index is 12.9. The Morgan fingerprint density at radius 2 is 2.25 bits per heavy atom. The van der Waals surface area contributed by atoms with Crippen molar-refractivity contribution in [3.63, 3.8) is 0 Å². The monoisotopic (exact) mass is 416 g/mol. The molecule has 0 bridgehead atoms. The highest BCUT2D eigenvalue weighted by atomic mass is 79.9. The Morgan fingerprint density at radius 1 is 1.54 bits per heavy atom. The smallest absolute Gasteiger partial charge is 0.240 e. The molecule has 1 amide bonds. The van der Waals surface area contributed by atoms with Gasteiger partial charge in [-0.05, 0) is 38.0 Å². The molecule has 0 aromatic rings. The number of likely N-dealkylation sites (tertiary alicyclic amines) is 1. The highest BCUT2D eigenvalue weighted by molar-refractivity contribution is 9.11. The number of amides is 1. The van der Waals surface area contributed by atoms with Crippen LogP contribution < -0.4 is 5.32 Å². The Balaban J connectivity index is 2.79. The van der Waals surface area contributed by atoms with Gasteiger partial charge in [0, 0.05) is 16.1 Å². The molecule has 1 unspecified atom stereocenters. The van der Waals surface area contributed by atoms with Crippen LogP contribution in [0.4, 0.5) is 0 Å². The van der Waals surface area contributed by atoms with Crippen LogP contribution in [0.3, 0.4) is 0 Å². The third-order valence-electron chi connectivity index (χ3n) is 3.96. The van der Waals surface area contributed by atoms with Gasteiger partial charge in [0.25, 0.3) is 0 Å². The summed E-state index contributed by atoms with van der Waals surface area (Å²) in [6.45, 7) is 13.0. The van der Waals surface area contributed by atoms with Crippen molar-refractivity contribution in [3.8, 4) is 0 Å². The maximum absolute atomic E-state index is 12.9. The molecule has 1 heterocycles. The first-order valence-electron chi connectivity index (χ1n) is 7.96. The summed E-state index contributed by atoms with van der Waals surface area (Å²) in [5.74, 6) is 0.0713. The largest absolute Gasteiger partial charge is 0.375 e. The van der Waals surface area contributed by atoms with Gasteiger partial charge in [-0.15, -0.1) is 6.58 Å². The van der Waals surface area contributed by atoms with Gasteiger partial charge in [-0.2, -0.15) is 0 Å². The van der Waals surface area contributed by atoms with Crippen LogP contribution in [0.1, 0.15) is 19.3 Å². The minimum Gasteiger partial charge on any atom is -0.375 e. The first kappa shape index (κ1) is 21.2. The lowest BCUT2D eigenvalue weighted by molar-refractivity contribution is -0.135. The SMILES string of the molecule is C=CCOCC1CCCN1C(=O)[C@H](C/C(=C/C(=C)Cl)C(=C)Br)NC. The second-order valence-corrected chi connectivity index (χ2v) is 7.16. The maximum Gasteiger partial charge on any atom is 0.240 e. The number of ether oxygens (including phenoxy) is 1. The number of rotatable bonds is 10. The van der Waals surface area contributed by atoms with Crippen molar-refractivity contribution in [1.82, 2.24) is 10.2 Å². The van der Waals surface area contributed by atoms with Gasteiger partial charge >= 0.3 is 0 Å². The summed E-state index contributed by atoms with van der Waals surface area (Å²) in [5, 5.41) is 3.51. The summed E-state index contributed by atoms with van der Waals surface area (Å²) in [7, 11) is 1.78. The quantitative estimate of drug-likeness (QED) is 0.334. The van der Waals surface area contributed by atoms with E-state index in [1.807, 2.05) is 4.90 Å². The standard InChI is InChI=1S/C18H26BrClN2O2/c1-5-9-24-12-16-7-6-8-22(16)18(23)17(21-4)11-15(14(3)19)10-13(2)20/h5,10,16-17,21H,1-3,6-9,11-12H2,4H3/b15-10-/t16?,17-/m0/s1. The van der Waals surface area contributed by atoms with E-state index in [-0.39, 0.29) is 18.0 Å². The molecule has 134 valence electrons. The highest BCUT2D eigenvalue weighted by Gasteiger charge is 2.33. The molecule has 1 aliphatic heterocycles. The van der Waals surface area contributed by atoms with Crippen LogP contribution in [0, 0.1) is 0 Å². The Bertz CT molecular complexity index is 519. The van der Waals surface area contributed by atoms with E-state index in [1.54, 1.807) is 19.2 Å². The highest BCUT2D eigenvalue weighted by Crippen LogP contribution is 2.25. The lowest BCUT2D eigenvalue weighted by atomic mass is 10.0. The van der Waals surface area contributed by atoms with E-state index in [9.17, 15) is 4.79 Å². The molecule has 0 spiro atoms. The van der Waals surface area contributed by atoms with E-state index in [0.717, 1.165) is 25.0 Å². The minimum absolute atomic E-state index is 0.0713. The van der Waals surface area contributed by atoms with E-state index >= 15 is 0 Å². The van der Waals surface area contributed by atoms with Crippen molar-refractivity contribution in [2.24, 2.45) is 0 Å². The number of nitrogens with one attached hydrogen (secondary N) is 1. The third-order valence-corrected chi connectivity index (χ3v) is 4.57. The number of carbonyl (C=O) groups is 1. The molecular formula is C18H26BrClN2O2. The fourth-order valence-electron chi connectivity index (χ4n) is 2.76. The number of hydrogen-bond acceptors (Lipinski definition) is 3. The molecule has 2 atom stereocenters. The van der Waals surface area contributed by atoms with Crippen LogP contribution in [-0.4, -0.2) is 49.7 Å².